The zero-order valence-corrected chi connectivity index (χ0v) is 14.9. The van der Waals surface area contributed by atoms with E-state index in [4.69, 9.17) is 4.42 Å². The van der Waals surface area contributed by atoms with Crippen LogP contribution in [-0.2, 0) is 19.4 Å². The maximum absolute atomic E-state index is 5.83. The molecule has 0 saturated heterocycles. The molecule has 130 valence electrons. The van der Waals surface area contributed by atoms with Gasteiger partial charge in [0.05, 0.1) is 0 Å². The average Bonchev–Trinajstić information content (AvgIpc) is 3.28. The number of hydrogen-bond acceptors (Lipinski definition) is 6. The molecule has 1 aliphatic heterocycles. The first kappa shape index (κ1) is 16.1. The maximum atomic E-state index is 5.83. The number of hydrogen-bond donors (Lipinski definition) is 0. The summed E-state index contributed by atoms with van der Waals surface area (Å²) in [5.74, 6) is 4.42. The number of rotatable bonds is 6. The summed E-state index contributed by atoms with van der Waals surface area (Å²) in [6.45, 7) is 0.998. The van der Waals surface area contributed by atoms with Gasteiger partial charge in [0, 0.05) is 25.1 Å². The highest BCUT2D eigenvalue weighted by atomic mass is 32.2. The molecule has 2 aromatic rings. The Morgan fingerprint density at radius 2 is 2.00 bits per heavy atom. The van der Waals surface area contributed by atoms with Gasteiger partial charge in [-0.1, -0.05) is 43.9 Å². The van der Waals surface area contributed by atoms with Crippen LogP contribution in [0.15, 0.2) is 16.0 Å². The molecule has 1 aliphatic carbocycles. The molecular formula is C17H25N5OS. The summed E-state index contributed by atoms with van der Waals surface area (Å²) in [5, 5.41) is 17.3. The van der Waals surface area contributed by atoms with Gasteiger partial charge in [-0.3, -0.25) is 0 Å². The second kappa shape index (κ2) is 7.68. The first-order valence-electron chi connectivity index (χ1n) is 9.18. The first-order chi connectivity index (χ1) is 11.9. The van der Waals surface area contributed by atoms with Crippen molar-refractivity contribution in [1.82, 2.24) is 25.0 Å². The second-order valence-corrected chi connectivity index (χ2v) is 8.09. The predicted octanol–water partition coefficient (Wildman–Crippen LogP) is 3.53. The van der Waals surface area contributed by atoms with Crippen LogP contribution < -0.4 is 0 Å². The van der Waals surface area contributed by atoms with Crippen LogP contribution in [0.3, 0.4) is 0 Å². The highest BCUT2D eigenvalue weighted by Crippen LogP contribution is 2.29. The highest BCUT2D eigenvalue weighted by molar-refractivity contribution is 7.99. The lowest BCUT2D eigenvalue weighted by Gasteiger charge is -2.21. The van der Waals surface area contributed by atoms with Gasteiger partial charge in [-0.25, -0.2) is 0 Å². The van der Waals surface area contributed by atoms with Crippen molar-refractivity contribution >= 4 is 11.8 Å². The standard InChI is InChI=1S/C17H25N5OS/c1-2-4-13(5-3-1)7-9-16-20-21-17(23-16)24-11-14-6-8-15-19-18-12-22(15)10-14/h12-14H,1-11H2. The van der Waals surface area contributed by atoms with Gasteiger partial charge in [-0.2, -0.15) is 0 Å². The zero-order chi connectivity index (χ0) is 16.2. The van der Waals surface area contributed by atoms with Crippen LogP contribution in [0.4, 0.5) is 0 Å². The molecule has 0 radical (unpaired) electrons. The van der Waals surface area contributed by atoms with Crippen molar-refractivity contribution in [2.24, 2.45) is 11.8 Å². The van der Waals surface area contributed by atoms with Crippen LogP contribution in [0.2, 0.25) is 0 Å². The number of fused-ring (bicyclic) bond motifs is 1. The van der Waals surface area contributed by atoms with E-state index in [1.165, 1.54) is 38.5 Å². The van der Waals surface area contributed by atoms with Crippen LogP contribution >= 0.6 is 11.8 Å². The van der Waals surface area contributed by atoms with Gasteiger partial charge in [-0.15, -0.1) is 20.4 Å². The summed E-state index contributed by atoms with van der Waals surface area (Å²) in [6.07, 6.45) is 13.1. The molecule has 0 bridgehead atoms. The topological polar surface area (TPSA) is 69.6 Å². The van der Waals surface area contributed by atoms with E-state index in [-0.39, 0.29) is 0 Å². The Labute approximate surface area is 146 Å². The van der Waals surface area contributed by atoms with Crippen molar-refractivity contribution in [3.05, 3.63) is 18.0 Å². The summed E-state index contributed by atoms with van der Waals surface area (Å²) in [7, 11) is 0. The van der Waals surface area contributed by atoms with E-state index < -0.39 is 0 Å². The molecule has 2 aromatic heterocycles. The molecule has 0 aromatic carbocycles. The monoisotopic (exact) mass is 347 g/mol. The zero-order valence-electron chi connectivity index (χ0n) is 14.1. The van der Waals surface area contributed by atoms with E-state index in [1.54, 1.807) is 11.8 Å². The molecule has 1 atom stereocenters. The van der Waals surface area contributed by atoms with Gasteiger partial charge in [0.25, 0.3) is 5.22 Å². The molecule has 4 rings (SSSR count). The highest BCUT2D eigenvalue weighted by Gasteiger charge is 2.21. The number of aryl methyl sites for hydroxylation is 2. The fourth-order valence-corrected chi connectivity index (χ4v) is 4.76. The second-order valence-electron chi connectivity index (χ2n) is 7.12. The molecule has 0 N–H and O–H groups in total. The molecule has 24 heavy (non-hydrogen) atoms. The van der Waals surface area contributed by atoms with Crippen molar-refractivity contribution in [3.8, 4) is 0 Å². The van der Waals surface area contributed by atoms with Gasteiger partial charge in [-0.05, 0) is 24.7 Å². The molecule has 1 fully saturated rings. The van der Waals surface area contributed by atoms with Crippen LogP contribution in [0.25, 0.3) is 0 Å². The third-order valence-corrected chi connectivity index (χ3v) is 6.36. The number of nitrogens with zero attached hydrogens (tertiary/aromatic N) is 5. The third kappa shape index (κ3) is 3.99. The summed E-state index contributed by atoms with van der Waals surface area (Å²) in [6, 6.07) is 0. The van der Waals surface area contributed by atoms with Crippen molar-refractivity contribution in [3.63, 3.8) is 0 Å². The van der Waals surface area contributed by atoms with Crippen molar-refractivity contribution in [2.45, 2.75) is 69.6 Å². The van der Waals surface area contributed by atoms with Crippen LogP contribution in [0, 0.1) is 11.8 Å². The lowest BCUT2D eigenvalue weighted by molar-refractivity contribution is 0.322. The quantitative estimate of drug-likeness (QED) is 0.745. The minimum atomic E-state index is 0.621. The van der Waals surface area contributed by atoms with Crippen LogP contribution in [0.5, 0.6) is 0 Å². The summed E-state index contributed by atoms with van der Waals surface area (Å²) >= 11 is 1.69. The third-order valence-electron chi connectivity index (χ3n) is 5.31. The van der Waals surface area contributed by atoms with E-state index in [9.17, 15) is 0 Å². The molecule has 7 heteroatoms. The van der Waals surface area contributed by atoms with Crippen LogP contribution in [0.1, 0.15) is 56.7 Å². The van der Waals surface area contributed by atoms with E-state index in [0.29, 0.717) is 5.92 Å². The largest absolute Gasteiger partial charge is 0.416 e. The van der Waals surface area contributed by atoms with E-state index >= 15 is 0 Å². The lowest BCUT2D eigenvalue weighted by Crippen LogP contribution is -2.21. The fraction of sp³-hybridized carbons (Fsp3) is 0.765. The lowest BCUT2D eigenvalue weighted by atomic mass is 9.86. The smallest absolute Gasteiger partial charge is 0.276 e. The van der Waals surface area contributed by atoms with Crippen molar-refractivity contribution in [1.29, 1.82) is 0 Å². The molecule has 2 aliphatic rings. The molecule has 1 saturated carbocycles. The Balaban J connectivity index is 1.22. The molecule has 3 heterocycles. The van der Waals surface area contributed by atoms with Crippen molar-refractivity contribution in [2.75, 3.05) is 5.75 Å². The van der Waals surface area contributed by atoms with E-state index in [1.807, 2.05) is 6.33 Å². The Morgan fingerprint density at radius 1 is 1.08 bits per heavy atom. The van der Waals surface area contributed by atoms with Gasteiger partial charge >= 0.3 is 0 Å². The normalized spacial score (nSPS) is 21.8. The number of thioether (sulfide) groups is 1. The minimum absolute atomic E-state index is 0.621. The average molecular weight is 347 g/mol. The van der Waals surface area contributed by atoms with Gasteiger partial charge in [0.15, 0.2) is 0 Å². The SMILES string of the molecule is c1nnc2n1CC(CSc1nnc(CCC3CCCCC3)o1)CC2. The molecule has 0 spiro atoms. The van der Waals surface area contributed by atoms with Crippen LogP contribution in [-0.4, -0.2) is 30.7 Å². The van der Waals surface area contributed by atoms with Crippen molar-refractivity contribution < 1.29 is 4.42 Å². The van der Waals surface area contributed by atoms with E-state index in [2.05, 4.69) is 25.0 Å². The predicted molar refractivity (Wildman–Crippen MR) is 91.8 cm³/mol. The number of aromatic nitrogens is 5. The fourth-order valence-electron chi connectivity index (χ4n) is 3.85. The molecular weight excluding hydrogens is 322 g/mol. The van der Waals surface area contributed by atoms with Gasteiger partial charge < -0.3 is 8.98 Å². The van der Waals surface area contributed by atoms with Gasteiger partial charge in [0.2, 0.25) is 5.89 Å². The Kier molecular flexibility index (Phi) is 5.16. The molecule has 6 nitrogen and oxygen atoms in total. The Hall–Kier alpha value is -1.37. The summed E-state index contributed by atoms with van der Waals surface area (Å²) in [4.78, 5) is 0. The summed E-state index contributed by atoms with van der Waals surface area (Å²) in [5.41, 5.74) is 0. The van der Waals surface area contributed by atoms with E-state index in [0.717, 1.165) is 54.4 Å². The summed E-state index contributed by atoms with van der Waals surface area (Å²) < 4.78 is 7.99. The van der Waals surface area contributed by atoms with Gasteiger partial charge in [0.1, 0.15) is 12.2 Å². The minimum Gasteiger partial charge on any atom is -0.416 e. The maximum Gasteiger partial charge on any atom is 0.276 e. The molecule has 0 amide bonds. The Morgan fingerprint density at radius 3 is 2.92 bits per heavy atom. The molecule has 1 unspecified atom stereocenters. The Bertz CT molecular complexity index is 649. The first-order valence-corrected chi connectivity index (χ1v) is 10.2.